The zero-order valence-electron chi connectivity index (χ0n) is 12.1. The highest BCUT2D eigenvalue weighted by Gasteiger charge is 2.14. The van der Waals surface area contributed by atoms with E-state index < -0.39 is 5.82 Å². The van der Waals surface area contributed by atoms with E-state index in [0.29, 0.717) is 11.3 Å². The maximum Gasteiger partial charge on any atom is 0.125 e. The SMILES string of the molecule is Cc1cc(-c2cc(F)ccc2O)nc2cnn(C(C)C)c12. The number of nitrogens with zero attached hydrogens (tertiary/aromatic N) is 3. The smallest absolute Gasteiger partial charge is 0.125 e. The van der Waals surface area contributed by atoms with Crippen molar-refractivity contribution in [1.82, 2.24) is 14.8 Å². The molecule has 5 heteroatoms. The predicted octanol–water partition coefficient (Wildman–Crippen LogP) is 3.83. The molecule has 108 valence electrons. The summed E-state index contributed by atoms with van der Waals surface area (Å²) in [6.07, 6.45) is 1.70. The average molecular weight is 285 g/mol. The first kappa shape index (κ1) is 13.5. The van der Waals surface area contributed by atoms with Crippen LogP contribution in [0.4, 0.5) is 4.39 Å². The van der Waals surface area contributed by atoms with E-state index >= 15 is 0 Å². The molecule has 3 rings (SSSR count). The Balaban J connectivity index is 2.24. The number of aromatic nitrogens is 3. The van der Waals surface area contributed by atoms with Gasteiger partial charge in [0.25, 0.3) is 0 Å². The lowest BCUT2D eigenvalue weighted by Gasteiger charge is -2.10. The molecule has 0 atom stereocenters. The standard InChI is InChI=1S/C16H16FN3O/c1-9(2)20-16-10(3)6-13(19-14(16)8-18-20)12-7-11(17)4-5-15(12)21/h4-9,21H,1-3H3. The Morgan fingerprint density at radius 1 is 1.24 bits per heavy atom. The number of aromatic hydroxyl groups is 1. The molecule has 0 fully saturated rings. The van der Waals surface area contributed by atoms with Gasteiger partial charge in [-0.15, -0.1) is 0 Å². The molecule has 21 heavy (non-hydrogen) atoms. The highest BCUT2D eigenvalue weighted by atomic mass is 19.1. The van der Waals surface area contributed by atoms with Crippen molar-refractivity contribution in [2.45, 2.75) is 26.8 Å². The average Bonchev–Trinajstić information content (AvgIpc) is 2.86. The van der Waals surface area contributed by atoms with Crippen LogP contribution in [0.2, 0.25) is 0 Å². The minimum atomic E-state index is -0.403. The summed E-state index contributed by atoms with van der Waals surface area (Å²) in [5.41, 5.74) is 3.62. The third-order valence-electron chi connectivity index (χ3n) is 3.47. The summed E-state index contributed by atoms with van der Waals surface area (Å²) < 4.78 is 15.3. The summed E-state index contributed by atoms with van der Waals surface area (Å²) in [5.74, 6) is -0.390. The van der Waals surface area contributed by atoms with Gasteiger partial charge < -0.3 is 5.11 Å². The van der Waals surface area contributed by atoms with Crippen molar-refractivity contribution in [3.63, 3.8) is 0 Å². The molecule has 0 saturated heterocycles. The molecule has 0 spiro atoms. The third kappa shape index (κ3) is 2.24. The fourth-order valence-electron chi connectivity index (χ4n) is 2.50. The van der Waals surface area contributed by atoms with Gasteiger partial charge in [0.2, 0.25) is 0 Å². The zero-order valence-corrected chi connectivity index (χ0v) is 12.1. The van der Waals surface area contributed by atoms with E-state index in [4.69, 9.17) is 0 Å². The molecule has 2 aromatic heterocycles. The largest absolute Gasteiger partial charge is 0.507 e. The molecule has 0 bridgehead atoms. The van der Waals surface area contributed by atoms with Crippen molar-refractivity contribution in [2.24, 2.45) is 0 Å². The summed E-state index contributed by atoms with van der Waals surface area (Å²) in [6.45, 7) is 6.07. The van der Waals surface area contributed by atoms with Crippen LogP contribution in [0, 0.1) is 12.7 Å². The maximum atomic E-state index is 13.4. The van der Waals surface area contributed by atoms with Gasteiger partial charge in [0.05, 0.1) is 17.4 Å². The predicted molar refractivity (Wildman–Crippen MR) is 79.7 cm³/mol. The second kappa shape index (κ2) is 4.84. The monoisotopic (exact) mass is 285 g/mol. The van der Waals surface area contributed by atoms with E-state index in [1.165, 1.54) is 18.2 Å². The van der Waals surface area contributed by atoms with E-state index in [9.17, 15) is 9.50 Å². The molecule has 1 aromatic carbocycles. The molecule has 0 aliphatic rings. The van der Waals surface area contributed by atoms with Gasteiger partial charge in [0.15, 0.2) is 0 Å². The van der Waals surface area contributed by atoms with E-state index in [-0.39, 0.29) is 11.8 Å². The van der Waals surface area contributed by atoms with Gasteiger partial charge in [0.1, 0.15) is 17.1 Å². The third-order valence-corrected chi connectivity index (χ3v) is 3.47. The normalized spacial score (nSPS) is 11.5. The van der Waals surface area contributed by atoms with Crippen LogP contribution in [-0.4, -0.2) is 19.9 Å². The Labute approximate surface area is 121 Å². The van der Waals surface area contributed by atoms with Crippen molar-refractivity contribution in [3.05, 3.63) is 41.8 Å². The molecule has 0 amide bonds. The first-order chi connectivity index (χ1) is 9.97. The Bertz CT molecular complexity index is 824. The van der Waals surface area contributed by atoms with Crippen molar-refractivity contribution in [1.29, 1.82) is 0 Å². The Morgan fingerprint density at radius 3 is 2.71 bits per heavy atom. The van der Waals surface area contributed by atoms with E-state index in [0.717, 1.165) is 16.6 Å². The number of pyridine rings is 1. The molecular formula is C16H16FN3O. The number of aryl methyl sites for hydroxylation is 1. The topological polar surface area (TPSA) is 50.9 Å². The summed E-state index contributed by atoms with van der Waals surface area (Å²) in [6, 6.07) is 5.92. The summed E-state index contributed by atoms with van der Waals surface area (Å²) in [7, 11) is 0. The number of hydrogen-bond acceptors (Lipinski definition) is 3. The molecule has 0 aliphatic heterocycles. The molecular weight excluding hydrogens is 269 g/mol. The van der Waals surface area contributed by atoms with Crippen LogP contribution in [0.5, 0.6) is 5.75 Å². The maximum absolute atomic E-state index is 13.4. The second-order valence-corrected chi connectivity index (χ2v) is 5.40. The Hall–Kier alpha value is -2.43. The fourth-order valence-corrected chi connectivity index (χ4v) is 2.50. The van der Waals surface area contributed by atoms with Crippen molar-refractivity contribution >= 4 is 11.0 Å². The lowest BCUT2D eigenvalue weighted by atomic mass is 10.1. The fraction of sp³-hybridized carbons (Fsp3) is 0.250. The molecule has 0 saturated carbocycles. The first-order valence-electron chi connectivity index (χ1n) is 6.81. The van der Waals surface area contributed by atoms with Crippen LogP contribution in [0.25, 0.3) is 22.3 Å². The Kier molecular flexibility index (Phi) is 3.12. The van der Waals surface area contributed by atoms with Gasteiger partial charge in [-0.1, -0.05) is 0 Å². The summed E-state index contributed by atoms with van der Waals surface area (Å²) in [5, 5.41) is 14.3. The van der Waals surface area contributed by atoms with Crippen molar-refractivity contribution in [2.75, 3.05) is 0 Å². The molecule has 0 radical (unpaired) electrons. The first-order valence-corrected chi connectivity index (χ1v) is 6.81. The number of benzene rings is 1. The van der Waals surface area contributed by atoms with Gasteiger partial charge in [-0.3, -0.25) is 4.68 Å². The van der Waals surface area contributed by atoms with Crippen LogP contribution in [0.15, 0.2) is 30.5 Å². The van der Waals surface area contributed by atoms with Crippen LogP contribution in [0.3, 0.4) is 0 Å². The van der Waals surface area contributed by atoms with Gasteiger partial charge in [-0.2, -0.15) is 5.10 Å². The molecule has 0 aliphatic carbocycles. The van der Waals surface area contributed by atoms with Gasteiger partial charge in [0, 0.05) is 11.6 Å². The lowest BCUT2D eigenvalue weighted by molar-refractivity contribution is 0.475. The number of rotatable bonds is 2. The number of phenolic OH excluding ortho intramolecular Hbond substituents is 1. The summed E-state index contributed by atoms with van der Waals surface area (Å²) >= 11 is 0. The van der Waals surface area contributed by atoms with Crippen LogP contribution in [0.1, 0.15) is 25.5 Å². The van der Waals surface area contributed by atoms with E-state index in [1.807, 2.05) is 17.7 Å². The number of hydrogen-bond donors (Lipinski definition) is 1. The van der Waals surface area contributed by atoms with Gasteiger partial charge in [-0.05, 0) is 50.6 Å². The number of fused-ring (bicyclic) bond motifs is 1. The molecule has 1 N–H and O–H groups in total. The van der Waals surface area contributed by atoms with E-state index in [2.05, 4.69) is 23.9 Å². The minimum Gasteiger partial charge on any atom is -0.507 e. The number of phenols is 1. The van der Waals surface area contributed by atoms with Crippen LogP contribution >= 0.6 is 0 Å². The Morgan fingerprint density at radius 2 is 2.00 bits per heavy atom. The van der Waals surface area contributed by atoms with Gasteiger partial charge >= 0.3 is 0 Å². The second-order valence-electron chi connectivity index (χ2n) is 5.40. The number of halogens is 1. The quantitative estimate of drug-likeness (QED) is 0.778. The van der Waals surface area contributed by atoms with Gasteiger partial charge in [-0.25, -0.2) is 9.37 Å². The van der Waals surface area contributed by atoms with Crippen LogP contribution < -0.4 is 0 Å². The summed E-state index contributed by atoms with van der Waals surface area (Å²) in [4.78, 5) is 4.50. The molecule has 2 heterocycles. The highest BCUT2D eigenvalue weighted by molar-refractivity contribution is 5.82. The van der Waals surface area contributed by atoms with Crippen molar-refractivity contribution in [3.8, 4) is 17.0 Å². The molecule has 0 unspecified atom stereocenters. The minimum absolute atomic E-state index is 0.0129. The van der Waals surface area contributed by atoms with E-state index in [1.54, 1.807) is 6.20 Å². The van der Waals surface area contributed by atoms with Crippen molar-refractivity contribution < 1.29 is 9.50 Å². The molecule has 3 aromatic rings. The zero-order chi connectivity index (χ0) is 15.1. The lowest BCUT2D eigenvalue weighted by Crippen LogP contribution is -2.03. The molecule has 4 nitrogen and oxygen atoms in total. The van der Waals surface area contributed by atoms with Crippen LogP contribution in [-0.2, 0) is 0 Å². The highest BCUT2D eigenvalue weighted by Crippen LogP contribution is 2.31.